The first-order valence-corrected chi connectivity index (χ1v) is 11.8. The summed E-state index contributed by atoms with van der Waals surface area (Å²) in [6, 6.07) is 3.87. The van der Waals surface area contributed by atoms with Crippen LogP contribution in [0.1, 0.15) is 104 Å². The highest BCUT2D eigenvalue weighted by Gasteiger charge is 2.51. The smallest absolute Gasteiger partial charge is 0.344 e. The number of nitrogens with zero attached hydrogens (tertiary/aromatic N) is 1. The van der Waals surface area contributed by atoms with Crippen molar-refractivity contribution in [2.75, 3.05) is 6.54 Å². The summed E-state index contributed by atoms with van der Waals surface area (Å²) in [7, 11) is 0. The molecule has 6 atom stereocenters. The number of hydrogen-bond donors (Lipinski definition) is 1. The number of rotatable bonds is 6. The van der Waals surface area contributed by atoms with Crippen molar-refractivity contribution in [2.45, 2.75) is 112 Å². The van der Waals surface area contributed by atoms with Crippen LogP contribution in [0.5, 0.6) is 0 Å². The zero-order valence-corrected chi connectivity index (χ0v) is 22.3. The fourth-order valence-corrected chi connectivity index (χ4v) is 4.18. The van der Waals surface area contributed by atoms with Crippen molar-refractivity contribution in [1.29, 1.82) is 0 Å². The summed E-state index contributed by atoms with van der Waals surface area (Å²) in [5, 5.41) is 12.5. The van der Waals surface area contributed by atoms with E-state index in [1.807, 2.05) is 34.6 Å². The minimum absolute atomic E-state index is 0.206. The summed E-state index contributed by atoms with van der Waals surface area (Å²) in [5.41, 5.74) is -2.64. The third-order valence-electron chi connectivity index (χ3n) is 6.41. The maximum atomic E-state index is 14.1. The molecule has 0 aromatic heterocycles. The molecule has 0 aliphatic heterocycles. The lowest BCUT2D eigenvalue weighted by Crippen LogP contribution is -2.49. The van der Waals surface area contributed by atoms with Crippen LogP contribution in [0.2, 0.25) is 0 Å². The van der Waals surface area contributed by atoms with Gasteiger partial charge in [0.1, 0.15) is 0 Å². The first-order valence-electron chi connectivity index (χ1n) is 16.3. The van der Waals surface area contributed by atoms with Crippen LogP contribution in [-0.4, -0.2) is 40.2 Å². The fraction of sp³-hybridized carbons (Fsp3) is 0.700. The lowest BCUT2D eigenvalue weighted by Gasteiger charge is -2.43. The molecular formula is C30H47NO3. The van der Waals surface area contributed by atoms with E-state index in [1.165, 1.54) is 25.1 Å². The molecule has 190 valence electrons. The molecule has 0 spiro atoms. The maximum Gasteiger partial charge on any atom is 0.344 e. The van der Waals surface area contributed by atoms with Gasteiger partial charge in [-0.05, 0) is 89.9 Å². The van der Waals surface area contributed by atoms with Gasteiger partial charge in [0.05, 0.1) is 6.04 Å². The van der Waals surface area contributed by atoms with E-state index in [-0.39, 0.29) is 17.1 Å². The second-order valence-electron chi connectivity index (χ2n) is 9.98. The second kappa shape index (κ2) is 11.3. The molecule has 1 aromatic carbocycles. The molecule has 6 unspecified atom stereocenters. The number of hydrogen-bond acceptors (Lipinski definition) is 4. The molecule has 0 amide bonds. The van der Waals surface area contributed by atoms with E-state index in [2.05, 4.69) is 16.7 Å². The largest absolute Gasteiger partial charge is 0.447 e. The lowest BCUT2D eigenvalue weighted by atomic mass is 9.64. The van der Waals surface area contributed by atoms with Crippen LogP contribution >= 0.6 is 0 Å². The van der Waals surface area contributed by atoms with Gasteiger partial charge in [-0.3, -0.25) is 4.90 Å². The molecule has 0 bridgehead atoms. The van der Waals surface area contributed by atoms with Gasteiger partial charge in [-0.2, -0.15) is 0 Å². The number of aryl methyl sites for hydroxylation is 2. The highest BCUT2D eigenvalue weighted by Crippen LogP contribution is 2.46. The van der Waals surface area contributed by atoms with Gasteiger partial charge in [-0.15, -0.1) is 0 Å². The van der Waals surface area contributed by atoms with Crippen LogP contribution in [0.15, 0.2) is 18.2 Å². The Hall–Kier alpha value is -1.83. The van der Waals surface area contributed by atoms with E-state index in [1.54, 1.807) is 13.8 Å². The van der Waals surface area contributed by atoms with Crippen molar-refractivity contribution < 1.29 is 27.0 Å². The summed E-state index contributed by atoms with van der Waals surface area (Å²) < 4.78 is 84.9. The summed E-state index contributed by atoms with van der Waals surface area (Å²) in [4.78, 5) is 16.2. The number of carbonyl (C=O) groups excluding carboxylic acids is 1. The van der Waals surface area contributed by atoms with Crippen LogP contribution in [0, 0.1) is 43.4 Å². The van der Waals surface area contributed by atoms with Gasteiger partial charge in [-0.25, -0.2) is 4.79 Å². The number of ether oxygens (including phenoxy) is 1. The second-order valence-corrected chi connectivity index (χ2v) is 9.98. The van der Waals surface area contributed by atoms with Crippen molar-refractivity contribution in [1.82, 2.24) is 4.90 Å². The third kappa shape index (κ3) is 6.23. The van der Waals surface area contributed by atoms with E-state index in [0.717, 1.165) is 19.4 Å². The molecular weight excluding hydrogens is 422 g/mol. The van der Waals surface area contributed by atoms with Gasteiger partial charge < -0.3 is 9.84 Å². The van der Waals surface area contributed by atoms with Gasteiger partial charge >= 0.3 is 5.97 Å². The highest BCUT2D eigenvalue weighted by molar-refractivity contribution is 5.82. The molecule has 4 nitrogen and oxygen atoms in total. The molecule has 1 saturated carbocycles. The number of carbonyl (C=O) groups is 1. The van der Waals surface area contributed by atoms with Gasteiger partial charge in [0.2, 0.25) is 0 Å². The Labute approximate surface area is 221 Å². The van der Waals surface area contributed by atoms with Gasteiger partial charge in [0.25, 0.3) is 0 Å². The number of benzene rings is 1. The minimum atomic E-state index is -3.70. The molecule has 1 aliphatic rings. The van der Waals surface area contributed by atoms with Crippen molar-refractivity contribution in [3.63, 3.8) is 0 Å². The molecule has 0 heterocycles. The Kier molecular flexibility index (Phi) is 5.83. The van der Waals surface area contributed by atoms with E-state index < -0.39 is 54.5 Å². The predicted octanol–water partition coefficient (Wildman–Crippen LogP) is 6.01. The molecule has 34 heavy (non-hydrogen) atoms. The molecule has 0 saturated heterocycles. The fourth-order valence-electron chi connectivity index (χ4n) is 4.18. The average Bonchev–Trinajstić information content (AvgIpc) is 2.86. The Bertz CT molecular complexity index is 1260. The normalized spacial score (nSPS) is 39.4. The molecule has 2 rings (SSSR count). The molecule has 4 heteroatoms. The topological polar surface area (TPSA) is 49.8 Å². The minimum Gasteiger partial charge on any atom is -0.447 e. The molecule has 1 aliphatic carbocycles. The van der Waals surface area contributed by atoms with Crippen LogP contribution < -0.4 is 0 Å². The Morgan fingerprint density at radius 3 is 2.44 bits per heavy atom. The Morgan fingerprint density at radius 2 is 1.88 bits per heavy atom. The van der Waals surface area contributed by atoms with Crippen molar-refractivity contribution in [3.05, 3.63) is 34.9 Å². The first kappa shape index (κ1) is 17.6. The van der Waals surface area contributed by atoms with Gasteiger partial charge in [0, 0.05) is 23.8 Å². The third-order valence-corrected chi connectivity index (χ3v) is 6.41. The van der Waals surface area contributed by atoms with Crippen LogP contribution in [-0.2, 0) is 15.1 Å². The molecule has 1 fully saturated rings. The van der Waals surface area contributed by atoms with Crippen molar-refractivity contribution >= 4 is 5.97 Å². The monoisotopic (exact) mass is 478 g/mol. The molecule has 1 N–H and O–H groups in total. The summed E-state index contributed by atoms with van der Waals surface area (Å²) in [6.45, 7) is 17.3. The first-order chi connectivity index (χ1) is 19.1. The van der Waals surface area contributed by atoms with E-state index in [0.29, 0.717) is 12.1 Å². The maximum absolute atomic E-state index is 14.1. The summed E-state index contributed by atoms with van der Waals surface area (Å²) >= 11 is 0. The Balaban J connectivity index is 2.86. The van der Waals surface area contributed by atoms with Gasteiger partial charge in [-0.1, -0.05) is 63.6 Å². The quantitative estimate of drug-likeness (QED) is 0.402. The molecule has 0 radical (unpaired) electrons. The highest BCUT2D eigenvalue weighted by atomic mass is 16.6. The zero-order chi connectivity index (χ0) is 34.0. The number of esters is 1. The molecule has 1 aromatic rings. The Morgan fingerprint density at radius 1 is 1.24 bits per heavy atom. The van der Waals surface area contributed by atoms with E-state index in [9.17, 15) is 12.6 Å². The lowest BCUT2D eigenvalue weighted by molar-refractivity contribution is -0.182. The van der Waals surface area contributed by atoms with Crippen LogP contribution in [0.25, 0.3) is 0 Å². The summed E-state index contributed by atoms with van der Waals surface area (Å²) in [5.74, 6) is -4.97. The van der Waals surface area contributed by atoms with Crippen molar-refractivity contribution in [2.24, 2.45) is 17.7 Å². The van der Waals surface area contributed by atoms with E-state index in [4.69, 9.17) is 14.3 Å². The van der Waals surface area contributed by atoms with Crippen LogP contribution in [0.4, 0.5) is 0 Å². The van der Waals surface area contributed by atoms with Crippen molar-refractivity contribution in [3.8, 4) is 11.8 Å². The standard InChI is InChI=1S/C30H47NO3/c1-11-31(29(8,9)10)23(5)16-17-24(6)34-28(32)30(33,26-18-15-20(2)22(4)19-26)27-14-12-13-21(3)25(27)7/h15,18-19,21,23-25,27,33H,11-14H2,1-10H3/i12D2,13D2,14D2,21D,25D,27D. The summed E-state index contributed by atoms with van der Waals surface area (Å²) in [6.07, 6.45) is -11.8. The van der Waals surface area contributed by atoms with E-state index >= 15 is 0 Å². The SMILES string of the molecule is [2H]C1([2H])C([2H])([2H])C([2H])(C)C([2H])(C)C([2H])(C(O)(C(=O)OC(C)C#CC(C)N(CC)C(C)(C)C)c2ccc(C)c(C)c2)C1([2H])[2H]. The predicted molar refractivity (Wildman–Crippen MR) is 140 cm³/mol. The van der Waals surface area contributed by atoms with Crippen LogP contribution in [0.3, 0.4) is 0 Å². The number of aliphatic hydroxyl groups is 1. The average molecular weight is 479 g/mol. The van der Waals surface area contributed by atoms with Gasteiger partial charge in [0.15, 0.2) is 11.7 Å². The zero-order valence-electron chi connectivity index (χ0n) is 31.3.